The molecule has 3 aromatic rings. The number of carbonyl (C=O) groups excluding carboxylic acids is 2. The molecule has 5 nitrogen and oxygen atoms in total. The highest BCUT2D eigenvalue weighted by Gasteiger charge is 2.48. The van der Waals surface area contributed by atoms with Gasteiger partial charge < -0.3 is 9.84 Å². The zero-order valence-corrected chi connectivity index (χ0v) is 20.1. The van der Waals surface area contributed by atoms with E-state index in [0.717, 1.165) is 23.1 Å². The van der Waals surface area contributed by atoms with Crippen LogP contribution in [0.4, 0.5) is 23.2 Å². The Kier molecular flexibility index (Phi) is 6.82. The van der Waals surface area contributed by atoms with E-state index in [9.17, 15) is 32.3 Å². The van der Waals surface area contributed by atoms with Crippen molar-refractivity contribution in [2.75, 3.05) is 4.90 Å². The van der Waals surface area contributed by atoms with Crippen LogP contribution in [0.25, 0.3) is 5.76 Å². The third-order valence-corrected chi connectivity index (χ3v) is 5.91. The summed E-state index contributed by atoms with van der Waals surface area (Å²) in [4.78, 5) is 27.1. The van der Waals surface area contributed by atoms with Crippen molar-refractivity contribution in [3.63, 3.8) is 0 Å². The first-order chi connectivity index (χ1) is 17.4. The molecule has 1 N–H and O–H groups in total. The molecule has 192 valence electrons. The molecule has 1 saturated heterocycles. The summed E-state index contributed by atoms with van der Waals surface area (Å²) in [7, 11) is 0. The van der Waals surface area contributed by atoms with Crippen molar-refractivity contribution < 1.29 is 37.0 Å². The van der Waals surface area contributed by atoms with Gasteiger partial charge in [0.2, 0.25) is 0 Å². The number of aryl methyl sites for hydroxylation is 1. The number of amides is 1. The maximum atomic E-state index is 15.0. The van der Waals surface area contributed by atoms with Crippen LogP contribution in [0.5, 0.6) is 5.75 Å². The molecule has 1 atom stereocenters. The fourth-order valence-corrected chi connectivity index (χ4v) is 4.26. The fourth-order valence-electron chi connectivity index (χ4n) is 4.26. The normalized spacial score (nSPS) is 17.5. The number of hydrogen-bond donors (Lipinski definition) is 1. The van der Waals surface area contributed by atoms with Gasteiger partial charge in [-0.05, 0) is 68.8 Å². The molecule has 0 aromatic heterocycles. The number of rotatable bonds is 5. The highest BCUT2D eigenvalue weighted by atomic mass is 19.4. The first-order valence-corrected chi connectivity index (χ1v) is 11.4. The summed E-state index contributed by atoms with van der Waals surface area (Å²) in [6.07, 6.45) is -4.83. The highest BCUT2D eigenvalue weighted by molar-refractivity contribution is 6.51. The molecule has 1 unspecified atom stereocenters. The van der Waals surface area contributed by atoms with Crippen molar-refractivity contribution in [3.05, 3.63) is 100 Å². The maximum absolute atomic E-state index is 15.0. The summed E-state index contributed by atoms with van der Waals surface area (Å²) in [5.41, 5.74) is -1.11. The molecule has 1 aliphatic heterocycles. The van der Waals surface area contributed by atoms with E-state index >= 15 is 0 Å². The van der Waals surface area contributed by atoms with Crippen molar-refractivity contribution >= 4 is 23.1 Å². The molecule has 1 heterocycles. The smallest absolute Gasteiger partial charge is 0.416 e. The number of carbonyl (C=O) groups is 2. The SMILES string of the molecule is Cc1cc(/C(O)=C2\C(=O)C(=O)N(c3cccc(C(F)(F)F)c3)C2c2ccccc2F)ccc1OC(C)C. The van der Waals surface area contributed by atoms with Gasteiger partial charge in [0.1, 0.15) is 17.3 Å². The number of ketones is 1. The Morgan fingerprint density at radius 2 is 1.70 bits per heavy atom. The standard InChI is InChI=1S/C28H23F4NO4/c1-15(2)37-22-12-11-17(13-16(22)3)25(34)23-24(20-9-4-5-10-21(20)29)33(27(36)26(23)35)19-8-6-7-18(14-19)28(30,31)32/h4-15,24,34H,1-3H3/b25-23+. The lowest BCUT2D eigenvalue weighted by molar-refractivity contribution is -0.137. The van der Waals surface area contributed by atoms with Crippen molar-refractivity contribution in [3.8, 4) is 5.75 Å². The maximum Gasteiger partial charge on any atom is 0.416 e. The molecular weight excluding hydrogens is 490 g/mol. The number of hydrogen-bond acceptors (Lipinski definition) is 4. The van der Waals surface area contributed by atoms with Crippen LogP contribution in [-0.2, 0) is 15.8 Å². The Morgan fingerprint density at radius 3 is 2.32 bits per heavy atom. The van der Waals surface area contributed by atoms with E-state index in [4.69, 9.17) is 4.74 Å². The lowest BCUT2D eigenvalue weighted by Gasteiger charge is -2.26. The minimum absolute atomic E-state index is 0.114. The van der Waals surface area contributed by atoms with Gasteiger partial charge in [-0.1, -0.05) is 24.3 Å². The quantitative estimate of drug-likeness (QED) is 0.182. The Bertz CT molecular complexity index is 1410. The summed E-state index contributed by atoms with van der Waals surface area (Å²) in [5, 5.41) is 11.2. The fraction of sp³-hybridized carbons (Fsp3) is 0.214. The summed E-state index contributed by atoms with van der Waals surface area (Å²) < 4.78 is 60.9. The van der Waals surface area contributed by atoms with Gasteiger partial charge in [0, 0.05) is 16.8 Å². The Labute approximate surface area is 210 Å². The first-order valence-electron chi connectivity index (χ1n) is 11.4. The largest absolute Gasteiger partial charge is 0.507 e. The zero-order valence-electron chi connectivity index (χ0n) is 20.1. The van der Waals surface area contributed by atoms with Crippen LogP contribution in [0, 0.1) is 12.7 Å². The monoisotopic (exact) mass is 513 g/mol. The Morgan fingerprint density at radius 1 is 1.00 bits per heavy atom. The number of aliphatic hydroxyl groups excluding tert-OH is 1. The second kappa shape index (κ2) is 9.72. The summed E-state index contributed by atoms with van der Waals surface area (Å²) >= 11 is 0. The highest BCUT2D eigenvalue weighted by Crippen LogP contribution is 2.44. The summed E-state index contributed by atoms with van der Waals surface area (Å²) in [6, 6.07) is 12.2. The number of halogens is 4. The lowest BCUT2D eigenvalue weighted by atomic mass is 9.94. The van der Waals surface area contributed by atoms with Crippen LogP contribution >= 0.6 is 0 Å². The molecule has 37 heavy (non-hydrogen) atoms. The minimum atomic E-state index is -4.71. The van der Waals surface area contributed by atoms with E-state index in [2.05, 4.69) is 0 Å². The van der Waals surface area contributed by atoms with Crippen molar-refractivity contribution in [2.24, 2.45) is 0 Å². The van der Waals surface area contributed by atoms with Gasteiger partial charge in [-0.15, -0.1) is 0 Å². The third-order valence-electron chi connectivity index (χ3n) is 5.91. The van der Waals surface area contributed by atoms with Gasteiger partial charge in [0.25, 0.3) is 11.7 Å². The van der Waals surface area contributed by atoms with Crippen LogP contribution in [0.3, 0.4) is 0 Å². The van der Waals surface area contributed by atoms with E-state index in [0.29, 0.717) is 17.4 Å². The molecule has 0 saturated carbocycles. The van der Waals surface area contributed by atoms with Gasteiger partial charge in [-0.25, -0.2) is 4.39 Å². The topological polar surface area (TPSA) is 66.8 Å². The molecule has 3 aromatic carbocycles. The van der Waals surface area contributed by atoms with Gasteiger partial charge in [0.15, 0.2) is 0 Å². The van der Waals surface area contributed by atoms with Gasteiger partial charge >= 0.3 is 6.18 Å². The van der Waals surface area contributed by atoms with Crippen molar-refractivity contribution in [1.29, 1.82) is 0 Å². The zero-order chi connectivity index (χ0) is 27.1. The molecule has 9 heteroatoms. The number of ether oxygens (including phenoxy) is 1. The molecule has 0 aliphatic carbocycles. The van der Waals surface area contributed by atoms with Crippen LogP contribution in [0.1, 0.15) is 42.1 Å². The second-order valence-corrected chi connectivity index (χ2v) is 8.89. The average Bonchev–Trinajstić information content (AvgIpc) is 3.09. The Hall–Kier alpha value is -4.14. The average molecular weight is 513 g/mol. The van der Waals surface area contributed by atoms with Gasteiger partial charge in [-0.3, -0.25) is 14.5 Å². The number of nitrogens with zero attached hydrogens (tertiary/aromatic N) is 1. The van der Waals surface area contributed by atoms with Crippen LogP contribution in [0.2, 0.25) is 0 Å². The third kappa shape index (κ3) is 4.94. The van der Waals surface area contributed by atoms with E-state index < -0.39 is 46.6 Å². The molecular formula is C28H23F4NO4. The molecule has 0 radical (unpaired) electrons. The number of anilines is 1. The van der Waals surface area contributed by atoms with Gasteiger partial charge in [-0.2, -0.15) is 13.2 Å². The van der Waals surface area contributed by atoms with E-state index in [1.54, 1.807) is 19.1 Å². The second-order valence-electron chi connectivity index (χ2n) is 8.89. The number of alkyl halides is 3. The predicted octanol–water partition coefficient (Wildman–Crippen LogP) is 6.57. The Balaban J connectivity index is 1.93. The molecule has 1 aliphatic rings. The van der Waals surface area contributed by atoms with Crippen LogP contribution in [0.15, 0.2) is 72.3 Å². The van der Waals surface area contributed by atoms with E-state index in [1.165, 1.54) is 30.3 Å². The summed E-state index contributed by atoms with van der Waals surface area (Å²) in [6.45, 7) is 5.41. The molecule has 4 rings (SSSR count). The molecule has 0 bridgehead atoms. The number of aliphatic hydroxyl groups is 1. The van der Waals surface area contributed by atoms with Crippen molar-refractivity contribution in [2.45, 2.75) is 39.1 Å². The predicted molar refractivity (Wildman–Crippen MR) is 130 cm³/mol. The molecule has 1 amide bonds. The van der Waals surface area contributed by atoms with Crippen molar-refractivity contribution in [1.82, 2.24) is 0 Å². The van der Waals surface area contributed by atoms with Crippen LogP contribution in [-0.4, -0.2) is 22.9 Å². The van der Waals surface area contributed by atoms with Crippen LogP contribution < -0.4 is 9.64 Å². The van der Waals surface area contributed by atoms with E-state index in [1.807, 2.05) is 13.8 Å². The molecule has 1 fully saturated rings. The number of benzene rings is 3. The van der Waals surface area contributed by atoms with Gasteiger partial charge in [0.05, 0.1) is 23.3 Å². The minimum Gasteiger partial charge on any atom is -0.507 e. The number of Topliss-reactive ketones (excluding diaryl/α,β-unsaturated/α-hetero) is 1. The summed E-state index contributed by atoms with van der Waals surface area (Å²) in [5.74, 6) is -3.18. The first kappa shape index (κ1) is 25.9. The lowest BCUT2D eigenvalue weighted by Crippen LogP contribution is -2.30. The molecule has 0 spiro atoms. The van der Waals surface area contributed by atoms with E-state index in [-0.39, 0.29) is 22.9 Å².